The molecule has 1 amide bonds. The molecule has 3 N–H and O–H groups in total. The van der Waals surface area contributed by atoms with Gasteiger partial charge in [-0.05, 0) is 37.3 Å². The van der Waals surface area contributed by atoms with Gasteiger partial charge >= 0.3 is 0 Å². The number of carbonyl (C=O) groups excluding carboxylic acids is 1. The zero-order chi connectivity index (χ0) is 19.3. The average Bonchev–Trinajstić information content (AvgIpc) is 2.99. The first-order valence-electron chi connectivity index (χ1n) is 8.75. The number of pyridine rings is 1. The molecular formula is C19H15ClN6O2. The average molecular weight is 395 g/mol. The fourth-order valence-corrected chi connectivity index (χ4v) is 3.44. The number of hydrogen-bond acceptors (Lipinski definition) is 7. The Hall–Kier alpha value is -3.39. The number of benzene rings is 1. The lowest BCUT2D eigenvalue weighted by molar-refractivity contribution is 0.0920. The molecule has 8 nitrogen and oxygen atoms in total. The Morgan fingerprint density at radius 2 is 2.11 bits per heavy atom. The highest BCUT2D eigenvalue weighted by molar-refractivity contribution is 6.29. The third-order valence-electron chi connectivity index (χ3n) is 4.55. The van der Waals surface area contributed by atoms with Crippen LogP contribution < -0.4 is 16.0 Å². The van der Waals surface area contributed by atoms with Crippen LogP contribution in [0.15, 0.2) is 40.9 Å². The topological polar surface area (TPSA) is 105 Å². The molecule has 1 unspecified atom stereocenters. The fourth-order valence-electron chi connectivity index (χ4n) is 3.31. The van der Waals surface area contributed by atoms with Crippen LogP contribution in [-0.2, 0) is 0 Å². The summed E-state index contributed by atoms with van der Waals surface area (Å²) in [6.07, 6.45) is 1.57. The summed E-state index contributed by atoms with van der Waals surface area (Å²) in [4.78, 5) is 25.3. The smallest absolute Gasteiger partial charge is 0.289 e. The van der Waals surface area contributed by atoms with Crippen molar-refractivity contribution in [3.8, 4) is 0 Å². The maximum Gasteiger partial charge on any atom is 0.289 e. The first-order chi connectivity index (χ1) is 13.6. The van der Waals surface area contributed by atoms with Crippen molar-refractivity contribution in [1.29, 1.82) is 0 Å². The van der Waals surface area contributed by atoms with E-state index in [2.05, 4.69) is 30.9 Å². The second-order valence-corrected chi connectivity index (χ2v) is 6.98. The van der Waals surface area contributed by atoms with Gasteiger partial charge in [-0.15, -0.1) is 0 Å². The molecule has 9 heteroatoms. The van der Waals surface area contributed by atoms with E-state index in [9.17, 15) is 4.79 Å². The number of fused-ring (bicyclic) bond motifs is 5. The molecule has 28 heavy (non-hydrogen) atoms. The number of amides is 1. The predicted molar refractivity (Wildman–Crippen MR) is 107 cm³/mol. The van der Waals surface area contributed by atoms with Crippen LogP contribution in [0.3, 0.4) is 0 Å². The second kappa shape index (κ2) is 6.35. The third kappa shape index (κ3) is 2.78. The number of nitrogens with zero attached hydrogens (tertiary/aromatic N) is 3. The molecule has 0 bridgehead atoms. The molecule has 0 aliphatic carbocycles. The molecule has 0 radical (unpaired) electrons. The standard InChI is InChI=1S/C19H15ClN6O2/c1-9-8-22-16-15-10-2-5-14(26-19-21-7-6-13(20)25-19)24-11(10)3-4-12(15)28-17(16)18(27)23-9/h2-7,9,22H,8H2,1H3,(H,23,27)(H,21,24,25,26). The minimum Gasteiger partial charge on any atom is -0.449 e. The lowest BCUT2D eigenvalue weighted by Crippen LogP contribution is -2.34. The highest BCUT2D eigenvalue weighted by atomic mass is 35.5. The van der Waals surface area contributed by atoms with Crippen molar-refractivity contribution in [3.63, 3.8) is 0 Å². The molecule has 0 spiro atoms. The largest absolute Gasteiger partial charge is 0.449 e. The highest BCUT2D eigenvalue weighted by Crippen LogP contribution is 2.37. The summed E-state index contributed by atoms with van der Waals surface area (Å²) in [5, 5.41) is 11.3. The number of rotatable bonds is 2. The van der Waals surface area contributed by atoms with Gasteiger partial charge in [0.05, 0.1) is 16.6 Å². The summed E-state index contributed by atoms with van der Waals surface area (Å²) >= 11 is 5.90. The summed E-state index contributed by atoms with van der Waals surface area (Å²) < 4.78 is 5.83. The van der Waals surface area contributed by atoms with E-state index in [0.29, 0.717) is 40.5 Å². The van der Waals surface area contributed by atoms with E-state index in [1.807, 2.05) is 31.2 Å². The first kappa shape index (κ1) is 16.8. The molecule has 0 saturated carbocycles. The van der Waals surface area contributed by atoms with Gasteiger partial charge < -0.3 is 20.4 Å². The van der Waals surface area contributed by atoms with Crippen molar-refractivity contribution in [2.75, 3.05) is 17.2 Å². The van der Waals surface area contributed by atoms with Crippen molar-refractivity contribution in [2.24, 2.45) is 0 Å². The van der Waals surface area contributed by atoms with Crippen molar-refractivity contribution in [1.82, 2.24) is 20.3 Å². The highest BCUT2D eigenvalue weighted by Gasteiger charge is 2.26. The maximum absolute atomic E-state index is 12.4. The Morgan fingerprint density at radius 3 is 2.96 bits per heavy atom. The maximum atomic E-state index is 12.4. The van der Waals surface area contributed by atoms with Crippen LogP contribution in [0.25, 0.3) is 21.9 Å². The third-order valence-corrected chi connectivity index (χ3v) is 4.76. The van der Waals surface area contributed by atoms with Crippen LogP contribution in [0.1, 0.15) is 17.5 Å². The van der Waals surface area contributed by atoms with Gasteiger partial charge in [-0.25, -0.2) is 15.0 Å². The quantitative estimate of drug-likeness (QED) is 0.445. The molecule has 1 aliphatic heterocycles. The molecule has 4 heterocycles. The number of aromatic nitrogens is 3. The van der Waals surface area contributed by atoms with Crippen molar-refractivity contribution in [2.45, 2.75) is 13.0 Å². The van der Waals surface area contributed by atoms with Gasteiger partial charge in [0, 0.05) is 24.2 Å². The van der Waals surface area contributed by atoms with Gasteiger partial charge in [0.1, 0.15) is 16.6 Å². The Labute approximate surface area is 164 Å². The van der Waals surface area contributed by atoms with E-state index in [1.54, 1.807) is 12.3 Å². The molecule has 5 rings (SSSR count). The zero-order valence-corrected chi connectivity index (χ0v) is 15.5. The van der Waals surface area contributed by atoms with Crippen LogP contribution in [0, 0.1) is 0 Å². The molecule has 4 aromatic rings. The number of hydrogen-bond donors (Lipinski definition) is 3. The summed E-state index contributed by atoms with van der Waals surface area (Å²) in [7, 11) is 0. The SMILES string of the molecule is CC1CNc2c(oc3ccc4nc(Nc5nccc(Cl)n5)ccc4c23)C(=O)N1. The molecule has 1 atom stereocenters. The second-order valence-electron chi connectivity index (χ2n) is 6.59. The Bertz CT molecular complexity index is 1240. The number of halogens is 1. The molecule has 140 valence electrons. The fraction of sp³-hybridized carbons (Fsp3) is 0.158. The van der Waals surface area contributed by atoms with Crippen molar-refractivity contribution in [3.05, 3.63) is 47.4 Å². The van der Waals surface area contributed by atoms with Gasteiger partial charge in [-0.3, -0.25) is 4.79 Å². The van der Waals surface area contributed by atoms with Crippen LogP contribution in [0.5, 0.6) is 0 Å². The van der Waals surface area contributed by atoms with Crippen LogP contribution in [-0.4, -0.2) is 33.4 Å². The normalized spacial score (nSPS) is 16.4. The molecule has 0 fully saturated rings. The van der Waals surface area contributed by atoms with Gasteiger partial charge in [0.15, 0.2) is 0 Å². The van der Waals surface area contributed by atoms with Crippen LogP contribution in [0.4, 0.5) is 17.5 Å². The summed E-state index contributed by atoms with van der Waals surface area (Å²) in [5.74, 6) is 1.02. The lowest BCUT2D eigenvalue weighted by Gasteiger charge is -2.10. The van der Waals surface area contributed by atoms with Gasteiger partial charge in [-0.1, -0.05) is 11.6 Å². The number of nitrogens with one attached hydrogen (secondary N) is 3. The first-order valence-corrected chi connectivity index (χ1v) is 9.13. The minimum absolute atomic E-state index is 0.00625. The lowest BCUT2D eigenvalue weighted by atomic mass is 10.1. The summed E-state index contributed by atoms with van der Waals surface area (Å²) in [6, 6.07) is 9.03. The van der Waals surface area contributed by atoms with Gasteiger partial charge in [0.2, 0.25) is 11.7 Å². The number of anilines is 3. The van der Waals surface area contributed by atoms with E-state index >= 15 is 0 Å². The monoisotopic (exact) mass is 394 g/mol. The Kier molecular flexibility index (Phi) is 3.80. The molecule has 3 aromatic heterocycles. The molecule has 1 aliphatic rings. The molecule has 1 aromatic carbocycles. The Balaban J connectivity index is 1.62. The number of carbonyl (C=O) groups is 1. The van der Waals surface area contributed by atoms with E-state index in [-0.39, 0.29) is 11.9 Å². The van der Waals surface area contributed by atoms with Gasteiger partial charge in [-0.2, -0.15) is 0 Å². The van der Waals surface area contributed by atoms with Gasteiger partial charge in [0.25, 0.3) is 5.91 Å². The van der Waals surface area contributed by atoms with Crippen molar-refractivity contribution >= 4 is 56.8 Å². The van der Waals surface area contributed by atoms with Crippen LogP contribution in [0.2, 0.25) is 5.15 Å². The van der Waals surface area contributed by atoms with E-state index in [1.165, 1.54) is 0 Å². The Morgan fingerprint density at radius 1 is 1.21 bits per heavy atom. The zero-order valence-electron chi connectivity index (χ0n) is 14.8. The van der Waals surface area contributed by atoms with E-state index in [0.717, 1.165) is 16.3 Å². The molecule has 0 saturated heterocycles. The van der Waals surface area contributed by atoms with Crippen LogP contribution >= 0.6 is 11.6 Å². The van der Waals surface area contributed by atoms with E-state index < -0.39 is 0 Å². The predicted octanol–water partition coefficient (Wildman–Crippen LogP) is 3.71. The van der Waals surface area contributed by atoms with Crippen molar-refractivity contribution < 1.29 is 9.21 Å². The summed E-state index contributed by atoms with van der Waals surface area (Å²) in [5.41, 5.74) is 2.08. The number of furan rings is 1. The minimum atomic E-state index is -0.221. The summed E-state index contributed by atoms with van der Waals surface area (Å²) in [6.45, 7) is 2.55. The van der Waals surface area contributed by atoms with E-state index in [4.69, 9.17) is 16.0 Å². The molecular weight excluding hydrogens is 380 g/mol.